The van der Waals surface area contributed by atoms with Crippen LogP contribution >= 0.6 is 0 Å². The number of carbonyl (C=O) groups excluding carboxylic acids is 1. The van der Waals surface area contributed by atoms with Crippen molar-refractivity contribution >= 4 is 5.91 Å². The predicted molar refractivity (Wildman–Crippen MR) is 51.3 cm³/mol. The zero-order valence-electron chi connectivity index (χ0n) is 8.18. The molecule has 2 N–H and O–H groups in total. The smallest absolute Gasteiger partial charge is 0.224 e. The molecule has 0 radical (unpaired) electrons. The average molecular weight is 182 g/mol. The summed E-state index contributed by atoms with van der Waals surface area (Å²) < 4.78 is 0. The van der Waals surface area contributed by atoms with Crippen molar-refractivity contribution in [1.29, 1.82) is 0 Å². The van der Waals surface area contributed by atoms with Crippen LogP contribution in [-0.4, -0.2) is 25.5 Å². The van der Waals surface area contributed by atoms with Crippen LogP contribution in [-0.2, 0) is 4.79 Å². The molecule has 2 rings (SSSR count). The van der Waals surface area contributed by atoms with Crippen molar-refractivity contribution in [3.8, 4) is 0 Å². The van der Waals surface area contributed by atoms with Crippen LogP contribution in [0.25, 0.3) is 0 Å². The van der Waals surface area contributed by atoms with E-state index in [0.29, 0.717) is 6.04 Å². The summed E-state index contributed by atoms with van der Waals surface area (Å²) >= 11 is 0. The van der Waals surface area contributed by atoms with Gasteiger partial charge in [0.2, 0.25) is 5.91 Å². The summed E-state index contributed by atoms with van der Waals surface area (Å²) in [7, 11) is 1.98. The Bertz CT molecular complexity index is 201. The molecule has 1 saturated carbocycles. The Labute approximate surface area is 79.3 Å². The van der Waals surface area contributed by atoms with E-state index < -0.39 is 0 Å². The molecule has 1 amide bonds. The van der Waals surface area contributed by atoms with Gasteiger partial charge in [-0.1, -0.05) is 0 Å². The Morgan fingerprint density at radius 3 is 2.77 bits per heavy atom. The molecule has 0 aromatic rings. The van der Waals surface area contributed by atoms with E-state index in [1.165, 1.54) is 12.8 Å². The first-order chi connectivity index (χ1) is 6.33. The molecule has 3 nitrogen and oxygen atoms in total. The van der Waals surface area contributed by atoms with Crippen LogP contribution in [0, 0.1) is 11.8 Å². The summed E-state index contributed by atoms with van der Waals surface area (Å²) in [5, 5.41) is 6.25. The molecule has 0 bridgehead atoms. The van der Waals surface area contributed by atoms with E-state index in [4.69, 9.17) is 0 Å². The Morgan fingerprint density at radius 1 is 1.46 bits per heavy atom. The summed E-state index contributed by atoms with van der Waals surface area (Å²) in [5.74, 6) is 1.25. The van der Waals surface area contributed by atoms with Gasteiger partial charge in [-0.15, -0.1) is 0 Å². The molecule has 2 unspecified atom stereocenters. The van der Waals surface area contributed by atoms with E-state index in [-0.39, 0.29) is 11.8 Å². The van der Waals surface area contributed by atoms with Crippen LogP contribution in [0.3, 0.4) is 0 Å². The molecule has 13 heavy (non-hydrogen) atoms. The lowest BCUT2D eigenvalue weighted by molar-refractivity contribution is -0.127. The van der Waals surface area contributed by atoms with Crippen molar-refractivity contribution in [3.05, 3.63) is 0 Å². The first-order valence-corrected chi connectivity index (χ1v) is 5.28. The van der Waals surface area contributed by atoms with Gasteiger partial charge in [0.05, 0.1) is 5.92 Å². The molecule has 1 heterocycles. The van der Waals surface area contributed by atoms with Crippen LogP contribution in [0.15, 0.2) is 0 Å². The average Bonchev–Trinajstić information content (AvgIpc) is 2.93. The quantitative estimate of drug-likeness (QED) is 0.667. The van der Waals surface area contributed by atoms with Gasteiger partial charge in [0.15, 0.2) is 0 Å². The number of hydrogen-bond acceptors (Lipinski definition) is 2. The maximum Gasteiger partial charge on any atom is 0.224 e. The van der Waals surface area contributed by atoms with Crippen LogP contribution in [0.4, 0.5) is 0 Å². The Morgan fingerprint density at radius 2 is 2.23 bits per heavy atom. The van der Waals surface area contributed by atoms with E-state index >= 15 is 0 Å². The van der Waals surface area contributed by atoms with E-state index in [9.17, 15) is 4.79 Å². The van der Waals surface area contributed by atoms with Gasteiger partial charge in [0.25, 0.3) is 0 Å². The van der Waals surface area contributed by atoms with E-state index in [0.717, 1.165) is 25.3 Å². The number of piperidine rings is 1. The third-order valence-electron chi connectivity index (χ3n) is 3.22. The van der Waals surface area contributed by atoms with Gasteiger partial charge in [0, 0.05) is 12.6 Å². The van der Waals surface area contributed by atoms with E-state index in [1.807, 2.05) is 7.05 Å². The van der Waals surface area contributed by atoms with Crippen molar-refractivity contribution in [1.82, 2.24) is 10.6 Å². The molecule has 1 saturated heterocycles. The Balaban J connectivity index is 1.98. The van der Waals surface area contributed by atoms with Gasteiger partial charge in [-0.25, -0.2) is 0 Å². The van der Waals surface area contributed by atoms with E-state index in [1.54, 1.807) is 0 Å². The zero-order valence-corrected chi connectivity index (χ0v) is 8.18. The van der Waals surface area contributed by atoms with E-state index in [2.05, 4.69) is 10.6 Å². The Kier molecular flexibility index (Phi) is 2.54. The molecule has 2 aliphatic rings. The zero-order chi connectivity index (χ0) is 9.26. The fourth-order valence-electron chi connectivity index (χ4n) is 2.36. The minimum absolute atomic E-state index is 0.228. The third-order valence-corrected chi connectivity index (χ3v) is 3.22. The maximum absolute atomic E-state index is 11.6. The lowest BCUT2D eigenvalue weighted by Crippen LogP contribution is -2.47. The number of nitrogens with one attached hydrogen (secondary N) is 2. The molecular formula is C10H18N2O. The summed E-state index contributed by atoms with van der Waals surface area (Å²) in [6, 6.07) is 0.431. The van der Waals surface area contributed by atoms with Gasteiger partial charge in [-0.2, -0.15) is 0 Å². The van der Waals surface area contributed by atoms with Gasteiger partial charge >= 0.3 is 0 Å². The predicted octanol–water partition coefficient (Wildman–Crippen LogP) is 0.511. The number of hydrogen-bond donors (Lipinski definition) is 2. The lowest BCUT2D eigenvalue weighted by Gasteiger charge is -2.29. The van der Waals surface area contributed by atoms with Crippen LogP contribution in [0.2, 0.25) is 0 Å². The summed E-state index contributed by atoms with van der Waals surface area (Å²) in [6.07, 6.45) is 4.81. The van der Waals surface area contributed by atoms with Crippen LogP contribution in [0.5, 0.6) is 0 Å². The maximum atomic E-state index is 11.6. The lowest BCUT2D eigenvalue weighted by atomic mass is 9.88. The first kappa shape index (κ1) is 9.00. The molecule has 2 atom stereocenters. The molecule has 0 spiro atoms. The second-order valence-corrected chi connectivity index (χ2v) is 4.19. The molecular weight excluding hydrogens is 164 g/mol. The summed E-state index contributed by atoms with van der Waals surface area (Å²) in [4.78, 5) is 11.6. The largest absolute Gasteiger partial charge is 0.356 e. The third kappa shape index (κ3) is 1.85. The minimum Gasteiger partial charge on any atom is -0.356 e. The number of amides is 1. The molecule has 0 aromatic carbocycles. The second kappa shape index (κ2) is 3.66. The fraction of sp³-hybridized carbons (Fsp3) is 0.900. The van der Waals surface area contributed by atoms with Crippen LogP contribution in [0.1, 0.15) is 25.7 Å². The molecule has 0 aromatic heterocycles. The van der Waals surface area contributed by atoms with Crippen molar-refractivity contribution in [2.24, 2.45) is 11.8 Å². The van der Waals surface area contributed by atoms with Crippen molar-refractivity contribution in [2.75, 3.05) is 13.6 Å². The standard InChI is InChI=1S/C10H18N2O/c1-11-9(7-4-5-7)8-3-2-6-12-10(8)13/h7-9,11H,2-6H2,1H3,(H,12,13). The minimum atomic E-state index is 0.228. The van der Waals surface area contributed by atoms with Gasteiger partial charge in [-0.05, 0) is 38.6 Å². The highest BCUT2D eigenvalue weighted by Gasteiger charge is 2.39. The van der Waals surface area contributed by atoms with Crippen molar-refractivity contribution in [2.45, 2.75) is 31.7 Å². The molecule has 74 valence electrons. The molecule has 2 fully saturated rings. The fourth-order valence-corrected chi connectivity index (χ4v) is 2.36. The first-order valence-electron chi connectivity index (χ1n) is 5.28. The number of carbonyl (C=O) groups is 1. The highest BCUT2D eigenvalue weighted by atomic mass is 16.2. The Hall–Kier alpha value is -0.570. The number of rotatable bonds is 3. The van der Waals surface area contributed by atoms with Crippen LogP contribution < -0.4 is 10.6 Å². The molecule has 3 heteroatoms. The monoisotopic (exact) mass is 182 g/mol. The second-order valence-electron chi connectivity index (χ2n) is 4.19. The van der Waals surface area contributed by atoms with Crippen molar-refractivity contribution in [3.63, 3.8) is 0 Å². The topological polar surface area (TPSA) is 41.1 Å². The normalized spacial score (nSPS) is 31.2. The highest BCUT2D eigenvalue weighted by Crippen LogP contribution is 2.37. The SMILES string of the molecule is CNC(C1CC1)C1CCCNC1=O. The summed E-state index contributed by atoms with van der Waals surface area (Å²) in [6.45, 7) is 0.871. The summed E-state index contributed by atoms with van der Waals surface area (Å²) in [5.41, 5.74) is 0. The molecule has 1 aliphatic heterocycles. The molecule has 1 aliphatic carbocycles. The van der Waals surface area contributed by atoms with Crippen molar-refractivity contribution < 1.29 is 4.79 Å². The van der Waals surface area contributed by atoms with Gasteiger partial charge in [-0.3, -0.25) is 4.79 Å². The van der Waals surface area contributed by atoms with Gasteiger partial charge < -0.3 is 10.6 Å². The van der Waals surface area contributed by atoms with Gasteiger partial charge in [0.1, 0.15) is 0 Å². The highest BCUT2D eigenvalue weighted by molar-refractivity contribution is 5.80.